The second-order valence-corrected chi connectivity index (χ2v) is 8.52. The second-order valence-electron chi connectivity index (χ2n) is 8.52. The van der Waals surface area contributed by atoms with E-state index in [0.717, 1.165) is 44.3 Å². The smallest absolute Gasteiger partial charge is 0.246 e. The Hall–Kier alpha value is -2.79. The summed E-state index contributed by atoms with van der Waals surface area (Å²) in [4.78, 5) is 17.4. The average Bonchev–Trinajstić information content (AvgIpc) is 3.26. The van der Waals surface area contributed by atoms with Crippen LogP contribution in [0.1, 0.15) is 29.5 Å². The van der Waals surface area contributed by atoms with E-state index in [4.69, 9.17) is 9.47 Å². The van der Waals surface area contributed by atoms with Gasteiger partial charge in [-0.1, -0.05) is 30.3 Å². The van der Waals surface area contributed by atoms with Crippen molar-refractivity contribution in [2.24, 2.45) is 0 Å². The molecular formula is C26H32N2O3. The third kappa shape index (κ3) is 4.77. The zero-order chi connectivity index (χ0) is 21.8. The summed E-state index contributed by atoms with van der Waals surface area (Å²) in [5.74, 6) is 1.38. The molecule has 2 aromatic carbocycles. The molecule has 0 saturated carbocycles. The highest BCUT2D eigenvalue weighted by Crippen LogP contribution is 2.29. The molecule has 1 saturated heterocycles. The van der Waals surface area contributed by atoms with Crippen molar-refractivity contribution < 1.29 is 14.3 Å². The number of ether oxygens (including phenoxy) is 2. The van der Waals surface area contributed by atoms with Gasteiger partial charge >= 0.3 is 0 Å². The van der Waals surface area contributed by atoms with Crippen LogP contribution < -0.4 is 9.47 Å². The number of benzene rings is 2. The Morgan fingerprint density at radius 2 is 1.77 bits per heavy atom. The van der Waals surface area contributed by atoms with Gasteiger partial charge in [0.15, 0.2) is 11.5 Å². The maximum Gasteiger partial charge on any atom is 0.246 e. The van der Waals surface area contributed by atoms with Crippen LogP contribution in [-0.4, -0.2) is 62.1 Å². The van der Waals surface area contributed by atoms with Crippen LogP contribution in [0.2, 0.25) is 0 Å². The van der Waals surface area contributed by atoms with Crippen LogP contribution in [0.15, 0.2) is 48.5 Å². The van der Waals surface area contributed by atoms with E-state index in [0.29, 0.717) is 17.5 Å². The molecule has 0 N–H and O–H groups in total. The molecule has 0 bridgehead atoms. The molecule has 1 heterocycles. The maximum absolute atomic E-state index is 12.9. The monoisotopic (exact) mass is 420 g/mol. The van der Waals surface area contributed by atoms with E-state index in [1.807, 2.05) is 36.2 Å². The summed E-state index contributed by atoms with van der Waals surface area (Å²) in [6.45, 7) is 2.07. The third-order valence-electron chi connectivity index (χ3n) is 6.70. The summed E-state index contributed by atoms with van der Waals surface area (Å²) >= 11 is 0. The van der Waals surface area contributed by atoms with E-state index in [1.165, 1.54) is 11.1 Å². The third-order valence-corrected chi connectivity index (χ3v) is 6.70. The summed E-state index contributed by atoms with van der Waals surface area (Å²) in [7, 11) is 5.16. The Kier molecular flexibility index (Phi) is 6.62. The van der Waals surface area contributed by atoms with Crippen LogP contribution >= 0.6 is 0 Å². The Labute approximate surface area is 185 Å². The number of hydrogen-bond donors (Lipinski definition) is 0. The fourth-order valence-corrected chi connectivity index (χ4v) is 4.85. The molecule has 5 heteroatoms. The molecule has 0 spiro atoms. The number of methoxy groups -OCH3 is 2. The number of piperidine rings is 1. The van der Waals surface area contributed by atoms with Gasteiger partial charge in [0.1, 0.15) is 0 Å². The Balaban J connectivity index is 1.37. The first-order valence-electron chi connectivity index (χ1n) is 11.1. The minimum atomic E-state index is 0.0383. The van der Waals surface area contributed by atoms with Gasteiger partial charge in [-0.25, -0.2) is 0 Å². The molecular weight excluding hydrogens is 388 g/mol. The molecule has 1 fully saturated rings. The zero-order valence-electron chi connectivity index (χ0n) is 18.7. The number of nitrogens with zero attached hydrogens (tertiary/aromatic N) is 2. The van der Waals surface area contributed by atoms with E-state index in [-0.39, 0.29) is 11.9 Å². The van der Waals surface area contributed by atoms with Crippen LogP contribution in [-0.2, 0) is 17.6 Å². The normalized spacial score (nSPS) is 19.4. The number of hydrogen-bond acceptors (Lipinski definition) is 4. The van der Waals surface area contributed by atoms with Crippen molar-refractivity contribution in [3.8, 4) is 11.5 Å². The largest absolute Gasteiger partial charge is 0.493 e. The molecule has 0 unspecified atom stereocenters. The van der Waals surface area contributed by atoms with Crippen molar-refractivity contribution in [3.05, 3.63) is 65.2 Å². The summed E-state index contributed by atoms with van der Waals surface area (Å²) in [5.41, 5.74) is 3.88. The fraction of sp³-hybridized carbons (Fsp3) is 0.423. The standard InChI is InChI=1S/C26H32N2O3/c1-27(26(29)13-11-19-10-12-24(30-2)25(15-19)31-3)22-9-6-14-28(18-22)23-16-20-7-4-5-8-21(20)17-23/h4-5,7-8,10-13,15,22-23H,6,9,14,16-18H2,1-3H3/b13-11+/t22-/m1/s1. The number of amides is 1. The van der Waals surface area contributed by atoms with Gasteiger partial charge in [-0.3, -0.25) is 9.69 Å². The van der Waals surface area contributed by atoms with Crippen molar-refractivity contribution in [3.63, 3.8) is 0 Å². The van der Waals surface area contributed by atoms with Crippen LogP contribution in [0.25, 0.3) is 6.08 Å². The number of rotatable bonds is 6. The number of fused-ring (bicyclic) bond motifs is 1. The van der Waals surface area contributed by atoms with Gasteiger partial charge in [0.05, 0.1) is 14.2 Å². The lowest BCUT2D eigenvalue weighted by Gasteiger charge is -2.40. The maximum atomic E-state index is 12.9. The van der Waals surface area contributed by atoms with Crippen LogP contribution in [0.3, 0.4) is 0 Å². The molecule has 1 aliphatic carbocycles. The molecule has 164 valence electrons. The van der Waals surface area contributed by atoms with Gasteiger partial charge in [0, 0.05) is 31.8 Å². The molecule has 4 rings (SSSR count). The average molecular weight is 421 g/mol. The topological polar surface area (TPSA) is 42.0 Å². The highest BCUT2D eigenvalue weighted by atomic mass is 16.5. The summed E-state index contributed by atoms with van der Waals surface area (Å²) in [5, 5.41) is 0. The molecule has 0 radical (unpaired) electrons. The number of carbonyl (C=O) groups excluding carboxylic acids is 1. The Morgan fingerprint density at radius 1 is 1.06 bits per heavy atom. The fourth-order valence-electron chi connectivity index (χ4n) is 4.85. The SMILES string of the molecule is COc1ccc(/C=C/C(=O)N(C)[C@@H]2CCCN(C3Cc4ccccc4C3)C2)cc1OC. The first kappa shape index (κ1) is 21.4. The van der Waals surface area contributed by atoms with E-state index in [9.17, 15) is 4.79 Å². The summed E-state index contributed by atoms with van der Waals surface area (Å²) < 4.78 is 10.6. The minimum Gasteiger partial charge on any atom is -0.493 e. The van der Waals surface area contributed by atoms with E-state index in [1.54, 1.807) is 20.3 Å². The lowest BCUT2D eigenvalue weighted by molar-refractivity contribution is -0.127. The van der Waals surface area contributed by atoms with Crippen molar-refractivity contribution in [1.82, 2.24) is 9.80 Å². The lowest BCUT2D eigenvalue weighted by Crippen LogP contribution is -2.51. The zero-order valence-corrected chi connectivity index (χ0v) is 18.7. The number of carbonyl (C=O) groups is 1. The Bertz CT molecular complexity index is 930. The van der Waals surface area contributed by atoms with Crippen molar-refractivity contribution in [2.45, 2.75) is 37.8 Å². The lowest BCUT2D eigenvalue weighted by atomic mass is 10.0. The molecule has 5 nitrogen and oxygen atoms in total. The first-order valence-corrected chi connectivity index (χ1v) is 11.1. The van der Waals surface area contributed by atoms with Gasteiger partial charge in [-0.05, 0) is 67.1 Å². The predicted octanol–water partition coefficient (Wildman–Crippen LogP) is 3.81. The van der Waals surface area contributed by atoms with Gasteiger partial charge < -0.3 is 14.4 Å². The summed E-state index contributed by atoms with van der Waals surface area (Å²) in [6.07, 6.45) is 7.94. The van der Waals surface area contributed by atoms with Crippen LogP contribution in [0.5, 0.6) is 11.5 Å². The predicted molar refractivity (Wildman–Crippen MR) is 124 cm³/mol. The van der Waals surface area contributed by atoms with Crippen molar-refractivity contribution >= 4 is 12.0 Å². The highest BCUT2D eigenvalue weighted by Gasteiger charge is 2.32. The molecule has 1 amide bonds. The second kappa shape index (κ2) is 9.56. The molecule has 0 aromatic heterocycles. The molecule has 1 aliphatic heterocycles. The summed E-state index contributed by atoms with van der Waals surface area (Å²) in [6, 6.07) is 15.2. The molecule has 2 aromatic rings. The van der Waals surface area contributed by atoms with E-state index in [2.05, 4.69) is 29.2 Å². The number of likely N-dealkylation sites (tertiary alicyclic amines) is 1. The van der Waals surface area contributed by atoms with Gasteiger partial charge in [0.25, 0.3) is 0 Å². The van der Waals surface area contributed by atoms with Crippen molar-refractivity contribution in [2.75, 3.05) is 34.4 Å². The van der Waals surface area contributed by atoms with E-state index >= 15 is 0 Å². The quantitative estimate of drug-likeness (QED) is 0.667. The van der Waals surface area contributed by atoms with Gasteiger partial charge in [-0.2, -0.15) is 0 Å². The first-order chi connectivity index (χ1) is 15.1. The van der Waals surface area contributed by atoms with Crippen molar-refractivity contribution in [1.29, 1.82) is 0 Å². The van der Waals surface area contributed by atoms with Crippen LogP contribution in [0.4, 0.5) is 0 Å². The van der Waals surface area contributed by atoms with Gasteiger partial charge in [0.2, 0.25) is 5.91 Å². The van der Waals surface area contributed by atoms with Gasteiger partial charge in [-0.15, -0.1) is 0 Å². The molecule has 1 atom stereocenters. The molecule has 2 aliphatic rings. The Morgan fingerprint density at radius 3 is 2.45 bits per heavy atom. The van der Waals surface area contributed by atoms with E-state index < -0.39 is 0 Å². The van der Waals surface area contributed by atoms with Crippen LogP contribution in [0, 0.1) is 0 Å². The number of likely N-dealkylation sites (N-methyl/N-ethyl adjacent to an activating group) is 1. The highest BCUT2D eigenvalue weighted by molar-refractivity contribution is 5.92. The molecule has 31 heavy (non-hydrogen) atoms. The minimum absolute atomic E-state index is 0.0383.